The van der Waals surface area contributed by atoms with E-state index in [0.717, 1.165) is 6.42 Å². The number of urea groups is 1. The van der Waals surface area contributed by atoms with Crippen molar-refractivity contribution in [2.75, 3.05) is 25.0 Å². The Labute approximate surface area is 125 Å². The van der Waals surface area contributed by atoms with Crippen LogP contribution in [0.5, 0.6) is 5.75 Å². The first-order chi connectivity index (χ1) is 10.1. The minimum Gasteiger partial charge on any atom is -0.489 e. The first-order valence-corrected chi connectivity index (χ1v) is 7.18. The van der Waals surface area contributed by atoms with Crippen LogP contribution >= 0.6 is 0 Å². The van der Waals surface area contributed by atoms with Crippen molar-refractivity contribution < 1.29 is 14.6 Å². The Hall–Kier alpha value is -2.01. The first kappa shape index (κ1) is 15.4. The van der Waals surface area contributed by atoms with Crippen LogP contribution in [-0.2, 0) is 0 Å². The van der Waals surface area contributed by atoms with Crippen molar-refractivity contribution >= 4 is 11.7 Å². The van der Waals surface area contributed by atoms with E-state index in [9.17, 15) is 9.90 Å². The van der Waals surface area contributed by atoms with Crippen LogP contribution in [-0.4, -0.2) is 41.8 Å². The summed E-state index contributed by atoms with van der Waals surface area (Å²) >= 11 is 0. The summed E-state index contributed by atoms with van der Waals surface area (Å²) in [6, 6.07) is 7.03. The summed E-state index contributed by atoms with van der Waals surface area (Å²) in [6.07, 6.45) is 2.03. The number of amides is 2. The second-order valence-corrected chi connectivity index (χ2v) is 5.34. The molecule has 1 aliphatic rings. The summed E-state index contributed by atoms with van der Waals surface area (Å²) in [7, 11) is 0. The van der Waals surface area contributed by atoms with Gasteiger partial charge >= 0.3 is 6.03 Å². The van der Waals surface area contributed by atoms with E-state index in [0.29, 0.717) is 31.1 Å². The lowest BCUT2D eigenvalue weighted by Crippen LogP contribution is -2.47. The summed E-state index contributed by atoms with van der Waals surface area (Å²) in [5, 5.41) is 12.7. The summed E-state index contributed by atoms with van der Waals surface area (Å²) in [5.41, 5.74) is 0.676. The predicted octanol–water partition coefficient (Wildman–Crippen LogP) is 2.49. The molecule has 5 nitrogen and oxygen atoms in total. The number of rotatable bonds is 4. The molecule has 2 rings (SSSR count). The molecular weight excluding hydrogens is 268 g/mol. The summed E-state index contributed by atoms with van der Waals surface area (Å²) < 4.78 is 5.43. The van der Waals surface area contributed by atoms with Crippen LogP contribution in [0.3, 0.4) is 0 Å². The number of hydrogen-bond acceptors (Lipinski definition) is 3. The average molecular weight is 290 g/mol. The molecule has 1 heterocycles. The molecule has 0 saturated carbocycles. The van der Waals surface area contributed by atoms with E-state index in [4.69, 9.17) is 4.74 Å². The predicted molar refractivity (Wildman–Crippen MR) is 82.5 cm³/mol. The van der Waals surface area contributed by atoms with Gasteiger partial charge in [-0.15, -0.1) is 0 Å². The molecule has 21 heavy (non-hydrogen) atoms. The van der Waals surface area contributed by atoms with Gasteiger partial charge in [0.2, 0.25) is 0 Å². The van der Waals surface area contributed by atoms with E-state index in [2.05, 4.69) is 11.9 Å². The zero-order chi connectivity index (χ0) is 15.2. The Morgan fingerprint density at radius 1 is 1.62 bits per heavy atom. The van der Waals surface area contributed by atoms with Gasteiger partial charge in [0, 0.05) is 24.8 Å². The molecule has 2 amide bonds. The number of nitrogens with zero attached hydrogens (tertiary/aromatic N) is 1. The maximum Gasteiger partial charge on any atom is 0.321 e. The molecule has 1 fully saturated rings. The monoisotopic (exact) mass is 290 g/mol. The molecule has 114 valence electrons. The SMILES string of the molecule is C=CCOc1cccc(NC(=O)N2CCC(C)C(O)C2)c1. The Morgan fingerprint density at radius 3 is 3.14 bits per heavy atom. The number of carbonyl (C=O) groups excluding carboxylic acids is 1. The van der Waals surface area contributed by atoms with E-state index >= 15 is 0 Å². The molecule has 1 aromatic carbocycles. The lowest BCUT2D eigenvalue weighted by atomic mass is 9.96. The van der Waals surface area contributed by atoms with Crippen LogP contribution in [0.25, 0.3) is 0 Å². The van der Waals surface area contributed by atoms with Gasteiger partial charge < -0.3 is 20.1 Å². The fraction of sp³-hybridized carbons (Fsp3) is 0.438. The number of anilines is 1. The minimum absolute atomic E-state index is 0.193. The van der Waals surface area contributed by atoms with E-state index in [-0.39, 0.29) is 11.9 Å². The lowest BCUT2D eigenvalue weighted by Gasteiger charge is -2.34. The second kappa shape index (κ2) is 7.13. The Morgan fingerprint density at radius 2 is 2.43 bits per heavy atom. The van der Waals surface area contributed by atoms with E-state index in [1.165, 1.54) is 0 Å². The molecular formula is C16H22N2O3. The molecule has 2 N–H and O–H groups in total. The summed E-state index contributed by atoms with van der Waals surface area (Å²) in [6.45, 7) is 7.06. The standard InChI is InChI=1S/C16H22N2O3/c1-3-9-21-14-6-4-5-13(10-14)17-16(20)18-8-7-12(2)15(19)11-18/h3-6,10,12,15,19H,1,7-9,11H2,2H3,(H,17,20). The third-order valence-electron chi connectivity index (χ3n) is 3.66. The Balaban J connectivity index is 1.94. The number of hydrogen-bond donors (Lipinski definition) is 2. The number of carbonyl (C=O) groups is 1. The van der Waals surface area contributed by atoms with Gasteiger partial charge in [0.05, 0.1) is 6.10 Å². The van der Waals surface area contributed by atoms with Crippen LogP contribution in [0, 0.1) is 5.92 Å². The highest BCUT2D eigenvalue weighted by Crippen LogP contribution is 2.20. The van der Waals surface area contributed by atoms with Gasteiger partial charge in [-0.2, -0.15) is 0 Å². The van der Waals surface area contributed by atoms with Gasteiger partial charge in [0.15, 0.2) is 0 Å². The van der Waals surface area contributed by atoms with Gasteiger partial charge in [-0.05, 0) is 24.5 Å². The highest BCUT2D eigenvalue weighted by molar-refractivity contribution is 5.89. The number of aliphatic hydroxyl groups excluding tert-OH is 1. The molecule has 1 aromatic rings. The molecule has 0 radical (unpaired) electrons. The number of aliphatic hydroxyl groups is 1. The average Bonchev–Trinajstić information content (AvgIpc) is 2.48. The van der Waals surface area contributed by atoms with E-state index in [1.54, 1.807) is 17.0 Å². The third kappa shape index (κ3) is 4.23. The van der Waals surface area contributed by atoms with Gasteiger partial charge in [0.25, 0.3) is 0 Å². The van der Waals surface area contributed by atoms with Crippen LogP contribution in [0.1, 0.15) is 13.3 Å². The van der Waals surface area contributed by atoms with Crippen LogP contribution in [0.2, 0.25) is 0 Å². The largest absolute Gasteiger partial charge is 0.489 e. The first-order valence-electron chi connectivity index (χ1n) is 7.18. The Bertz CT molecular complexity index is 504. The lowest BCUT2D eigenvalue weighted by molar-refractivity contribution is 0.0464. The van der Waals surface area contributed by atoms with Crippen molar-refractivity contribution in [2.45, 2.75) is 19.4 Å². The number of benzene rings is 1. The number of piperidine rings is 1. The smallest absolute Gasteiger partial charge is 0.321 e. The number of β-amino-alcohol motifs (C(OH)–C–C–N with tert-alkyl or cyclic N) is 1. The summed E-state index contributed by atoms with van der Waals surface area (Å²) in [5.74, 6) is 0.921. The van der Waals surface area contributed by atoms with Crippen molar-refractivity contribution in [3.63, 3.8) is 0 Å². The van der Waals surface area contributed by atoms with Gasteiger partial charge in [-0.3, -0.25) is 0 Å². The fourth-order valence-corrected chi connectivity index (χ4v) is 2.25. The van der Waals surface area contributed by atoms with E-state index in [1.807, 2.05) is 25.1 Å². The van der Waals surface area contributed by atoms with E-state index < -0.39 is 6.10 Å². The fourth-order valence-electron chi connectivity index (χ4n) is 2.25. The minimum atomic E-state index is -0.452. The third-order valence-corrected chi connectivity index (χ3v) is 3.66. The quantitative estimate of drug-likeness (QED) is 0.837. The highest BCUT2D eigenvalue weighted by Gasteiger charge is 2.27. The number of nitrogens with one attached hydrogen (secondary N) is 1. The van der Waals surface area contributed by atoms with Gasteiger partial charge in [0.1, 0.15) is 12.4 Å². The second-order valence-electron chi connectivity index (χ2n) is 5.34. The maximum absolute atomic E-state index is 12.2. The van der Waals surface area contributed by atoms with Gasteiger partial charge in [-0.1, -0.05) is 25.6 Å². The van der Waals surface area contributed by atoms with Crippen LogP contribution < -0.4 is 10.1 Å². The van der Waals surface area contributed by atoms with Crippen molar-refractivity contribution in [1.29, 1.82) is 0 Å². The zero-order valence-electron chi connectivity index (χ0n) is 12.3. The number of ether oxygens (including phenoxy) is 1. The zero-order valence-corrected chi connectivity index (χ0v) is 12.3. The molecule has 1 aliphatic heterocycles. The normalized spacial score (nSPS) is 21.7. The molecule has 0 aliphatic carbocycles. The van der Waals surface area contributed by atoms with Crippen molar-refractivity contribution in [3.8, 4) is 5.75 Å². The van der Waals surface area contributed by atoms with Crippen molar-refractivity contribution in [3.05, 3.63) is 36.9 Å². The molecule has 2 atom stereocenters. The van der Waals surface area contributed by atoms with Crippen LogP contribution in [0.4, 0.5) is 10.5 Å². The molecule has 5 heteroatoms. The Kier molecular flexibility index (Phi) is 5.22. The topological polar surface area (TPSA) is 61.8 Å². The highest BCUT2D eigenvalue weighted by atomic mass is 16.5. The van der Waals surface area contributed by atoms with Crippen molar-refractivity contribution in [2.24, 2.45) is 5.92 Å². The molecule has 1 saturated heterocycles. The molecule has 0 bridgehead atoms. The van der Waals surface area contributed by atoms with Crippen molar-refractivity contribution in [1.82, 2.24) is 4.90 Å². The van der Waals surface area contributed by atoms with Gasteiger partial charge in [-0.25, -0.2) is 4.79 Å². The molecule has 0 aromatic heterocycles. The number of likely N-dealkylation sites (tertiary alicyclic amines) is 1. The maximum atomic E-state index is 12.2. The summed E-state index contributed by atoms with van der Waals surface area (Å²) in [4.78, 5) is 13.8. The molecule has 2 unspecified atom stereocenters. The van der Waals surface area contributed by atoms with Crippen LogP contribution in [0.15, 0.2) is 36.9 Å². The molecule has 0 spiro atoms.